The Morgan fingerprint density at radius 2 is 1.97 bits per heavy atom. The molecular formula is C27H34N4O2S. The molecule has 0 spiro atoms. The lowest BCUT2D eigenvalue weighted by molar-refractivity contribution is 0.344. The number of allylic oxidation sites excluding steroid dienone is 4. The molecule has 0 fully saturated rings. The Morgan fingerprint density at radius 1 is 1.15 bits per heavy atom. The van der Waals surface area contributed by atoms with E-state index in [1.54, 1.807) is 18.0 Å². The lowest BCUT2D eigenvalue weighted by Gasteiger charge is -2.07. The highest BCUT2D eigenvalue weighted by Gasteiger charge is 2.07. The quantitative estimate of drug-likeness (QED) is 0.180. The Bertz CT molecular complexity index is 1010. The predicted molar refractivity (Wildman–Crippen MR) is 144 cm³/mol. The Hall–Kier alpha value is -3.16. The fourth-order valence-corrected chi connectivity index (χ4v) is 3.38. The monoisotopic (exact) mass is 478 g/mol. The zero-order valence-corrected chi connectivity index (χ0v) is 20.9. The number of benzene rings is 1. The highest BCUT2D eigenvalue weighted by molar-refractivity contribution is 7.98. The van der Waals surface area contributed by atoms with Gasteiger partial charge in [-0.15, -0.1) is 22.0 Å². The van der Waals surface area contributed by atoms with Crippen molar-refractivity contribution in [3.63, 3.8) is 0 Å². The van der Waals surface area contributed by atoms with Crippen LogP contribution < -0.4 is 10.1 Å². The van der Waals surface area contributed by atoms with Gasteiger partial charge < -0.3 is 14.5 Å². The molecule has 1 aromatic heterocycles. The summed E-state index contributed by atoms with van der Waals surface area (Å²) in [5, 5.41) is 11.8. The molecule has 34 heavy (non-hydrogen) atoms. The number of aromatic nitrogens is 2. The minimum Gasteiger partial charge on any atom is -0.493 e. The number of nitrogens with one attached hydrogen (secondary N) is 1. The fourth-order valence-electron chi connectivity index (χ4n) is 2.75. The fraction of sp³-hybridized carbons (Fsp3) is 0.296. The minimum atomic E-state index is 0.529. The van der Waals surface area contributed by atoms with Gasteiger partial charge in [-0.1, -0.05) is 62.1 Å². The van der Waals surface area contributed by atoms with Crippen LogP contribution >= 0.6 is 11.8 Å². The van der Waals surface area contributed by atoms with Gasteiger partial charge in [-0.25, -0.2) is 0 Å². The number of ether oxygens (including phenoxy) is 1. The molecule has 0 radical (unpaired) electrons. The van der Waals surface area contributed by atoms with Crippen LogP contribution in [0.1, 0.15) is 32.0 Å². The van der Waals surface area contributed by atoms with Gasteiger partial charge in [0.25, 0.3) is 0 Å². The molecule has 2 aromatic rings. The predicted octanol–water partition coefficient (Wildman–Crippen LogP) is 6.04. The van der Waals surface area contributed by atoms with E-state index in [9.17, 15) is 0 Å². The Labute approximate surface area is 207 Å². The highest BCUT2D eigenvalue weighted by atomic mass is 32.2. The van der Waals surface area contributed by atoms with Crippen LogP contribution in [0.15, 0.2) is 94.5 Å². The Balaban J connectivity index is 1.78. The van der Waals surface area contributed by atoms with Crippen LogP contribution in [-0.4, -0.2) is 41.9 Å². The first-order chi connectivity index (χ1) is 16.7. The van der Waals surface area contributed by atoms with Crippen LogP contribution in [0, 0.1) is 0 Å². The van der Waals surface area contributed by atoms with E-state index < -0.39 is 0 Å². The van der Waals surface area contributed by atoms with Gasteiger partial charge >= 0.3 is 0 Å². The number of hydrogen-bond acceptors (Lipinski definition) is 7. The van der Waals surface area contributed by atoms with Crippen LogP contribution in [-0.2, 0) is 5.75 Å². The molecule has 0 saturated carbocycles. The summed E-state index contributed by atoms with van der Waals surface area (Å²) in [6.45, 7) is 13.7. The zero-order chi connectivity index (χ0) is 24.4. The van der Waals surface area contributed by atoms with Crippen LogP contribution in [0.5, 0.6) is 5.75 Å². The van der Waals surface area contributed by atoms with E-state index >= 15 is 0 Å². The maximum atomic E-state index is 5.80. The van der Waals surface area contributed by atoms with E-state index in [0.717, 1.165) is 35.6 Å². The molecule has 7 heteroatoms. The molecule has 1 N–H and O–H groups in total. The van der Waals surface area contributed by atoms with Crippen molar-refractivity contribution < 1.29 is 9.15 Å². The van der Waals surface area contributed by atoms with Crippen molar-refractivity contribution in [1.29, 1.82) is 0 Å². The van der Waals surface area contributed by atoms with Gasteiger partial charge in [0, 0.05) is 36.8 Å². The van der Waals surface area contributed by atoms with Crippen LogP contribution in [0.3, 0.4) is 0 Å². The molecule has 0 bridgehead atoms. The molecule has 6 nitrogen and oxygen atoms in total. The normalized spacial score (nSPS) is 12.8. The maximum Gasteiger partial charge on any atom is 0.243 e. The van der Waals surface area contributed by atoms with Gasteiger partial charge in [-0.05, 0) is 37.1 Å². The first-order valence-corrected chi connectivity index (χ1v) is 12.4. The van der Waals surface area contributed by atoms with Crippen LogP contribution in [0.2, 0.25) is 0 Å². The van der Waals surface area contributed by atoms with Gasteiger partial charge in [0.15, 0.2) is 0 Å². The van der Waals surface area contributed by atoms with Crippen molar-refractivity contribution in [2.75, 3.05) is 25.4 Å². The van der Waals surface area contributed by atoms with Gasteiger partial charge in [-0.3, -0.25) is 4.99 Å². The molecule has 2 rings (SSSR count). The summed E-state index contributed by atoms with van der Waals surface area (Å²) in [7, 11) is 0. The van der Waals surface area contributed by atoms with Crippen molar-refractivity contribution in [1.82, 2.24) is 15.5 Å². The van der Waals surface area contributed by atoms with Gasteiger partial charge in [0.1, 0.15) is 5.75 Å². The van der Waals surface area contributed by atoms with Crippen molar-refractivity contribution >= 4 is 23.5 Å². The summed E-state index contributed by atoms with van der Waals surface area (Å²) in [4.78, 5) is 4.01. The number of nitrogens with zero attached hydrogens (tertiary/aromatic N) is 3. The number of para-hydroxylation sites is 1. The lowest BCUT2D eigenvalue weighted by Crippen LogP contribution is -2.19. The third-order valence-electron chi connectivity index (χ3n) is 4.72. The van der Waals surface area contributed by atoms with E-state index in [4.69, 9.17) is 9.15 Å². The largest absolute Gasteiger partial charge is 0.493 e. The second kappa shape index (κ2) is 16.5. The SMILES string of the molecule is C=CN=C/C=C(\CC)CNC/C(C=C)=C/C=C(\C)c1nnc(CSCCOc2ccccc2)o1. The molecule has 0 saturated heterocycles. The van der Waals surface area contributed by atoms with E-state index in [0.29, 0.717) is 30.7 Å². The third kappa shape index (κ3) is 10.6. The summed E-state index contributed by atoms with van der Waals surface area (Å²) in [5.41, 5.74) is 3.25. The topological polar surface area (TPSA) is 72.5 Å². The number of thioether (sulfide) groups is 1. The van der Waals surface area contributed by atoms with Crippen molar-refractivity contribution in [3.8, 4) is 5.75 Å². The first kappa shape index (κ1) is 27.1. The molecule has 0 atom stereocenters. The summed E-state index contributed by atoms with van der Waals surface area (Å²) in [6, 6.07) is 9.80. The first-order valence-electron chi connectivity index (χ1n) is 11.3. The highest BCUT2D eigenvalue weighted by Crippen LogP contribution is 2.17. The maximum absolute atomic E-state index is 5.80. The Morgan fingerprint density at radius 3 is 2.71 bits per heavy atom. The average Bonchev–Trinajstić information content (AvgIpc) is 3.34. The molecule has 0 aliphatic carbocycles. The number of hydrogen-bond donors (Lipinski definition) is 1. The molecule has 1 aromatic carbocycles. The smallest absolute Gasteiger partial charge is 0.243 e. The summed E-state index contributed by atoms with van der Waals surface area (Å²) >= 11 is 1.70. The van der Waals surface area contributed by atoms with E-state index in [1.165, 1.54) is 11.8 Å². The molecule has 0 aliphatic rings. The summed E-state index contributed by atoms with van der Waals surface area (Å²) < 4.78 is 11.5. The van der Waals surface area contributed by atoms with Crippen molar-refractivity contribution in [3.05, 3.63) is 96.9 Å². The van der Waals surface area contributed by atoms with Crippen molar-refractivity contribution in [2.45, 2.75) is 26.0 Å². The van der Waals surface area contributed by atoms with Gasteiger partial charge in [0.05, 0.1) is 12.4 Å². The molecular weight excluding hydrogens is 444 g/mol. The van der Waals surface area contributed by atoms with Crippen LogP contribution in [0.25, 0.3) is 5.57 Å². The standard InChI is InChI=1S/C27H34N4O2S/c1-5-23(19-29-20-24(6-2)15-16-28-7-3)14-13-22(4)27-31-30-26(33-27)21-34-18-17-32-25-11-9-8-10-12-25/h5,7-16,29H,1,3,6,17-21H2,2,4H3/b22-13+,23-14+,24-15+,28-16?. The number of rotatable bonds is 16. The van der Waals surface area contributed by atoms with Crippen LogP contribution in [0.4, 0.5) is 0 Å². The van der Waals surface area contributed by atoms with Gasteiger partial charge in [0.2, 0.25) is 11.8 Å². The minimum absolute atomic E-state index is 0.529. The zero-order valence-electron chi connectivity index (χ0n) is 20.1. The summed E-state index contributed by atoms with van der Waals surface area (Å²) in [6.07, 6.45) is 12.1. The molecule has 1 heterocycles. The lowest BCUT2D eigenvalue weighted by atomic mass is 10.1. The second-order valence-corrected chi connectivity index (χ2v) is 8.38. The van der Waals surface area contributed by atoms with Crippen molar-refractivity contribution in [2.24, 2.45) is 4.99 Å². The second-order valence-electron chi connectivity index (χ2n) is 7.27. The molecule has 0 unspecified atom stereocenters. The molecule has 0 amide bonds. The van der Waals surface area contributed by atoms with E-state index in [2.05, 4.69) is 40.6 Å². The van der Waals surface area contributed by atoms with Gasteiger partial charge in [-0.2, -0.15) is 0 Å². The average molecular weight is 479 g/mol. The number of aliphatic imine (C=N–C) groups is 1. The molecule has 0 aliphatic heterocycles. The van der Waals surface area contributed by atoms with E-state index in [1.807, 2.05) is 61.6 Å². The van der Waals surface area contributed by atoms with E-state index in [-0.39, 0.29) is 0 Å². The summed E-state index contributed by atoms with van der Waals surface area (Å²) in [5.74, 6) is 3.52. The molecule has 180 valence electrons. The third-order valence-corrected chi connectivity index (χ3v) is 5.62. The Kier molecular flexibility index (Phi) is 13.1.